The van der Waals surface area contributed by atoms with E-state index < -0.39 is 18.1 Å². The van der Waals surface area contributed by atoms with Gasteiger partial charge in [-0.3, -0.25) is 4.79 Å². The van der Waals surface area contributed by atoms with E-state index in [1.807, 2.05) is 0 Å². The summed E-state index contributed by atoms with van der Waals surface area (Å²) in [5, 5.41) is 4.95. The molecular weight excluding hydrogens is 463 g/mol. The molecule has 0 atom stereocenters. The second-order valence-corrected chi connectivity index (χ2v) is 7.14. The van der Waals surface area contributed by atoms with Crippen LogP contribution in [0.3, 0.4) is 0 Å². The number of nitrogens with zero attached hydrogens (tertiary/aromatic N) is 5. The molecule has 0 N–H and O–H groups in total. The molecule has 168 valence electrons. The molecule has 0 radical (unpaired) electrons. The maximum absolute atomic E-state index is 12.7. The minimum Gasteiger partial charge on any atom is -0.323 e. The predicted molar refractivity (Wildman–Crippen MR) is 112 cm³/mol. The van der Waals surface area contributed by atoms with Crippen LogP contribution in [0, 0.1) is 0 Å². The van der Waals surface area contributed by atoms with Crippen LogP contribution in [0.2, 0.25) is 5.02 Å². The van der Waals surface area contributed by atoms with E-state index in [1.54, 1.807) is 42.5 Å². The molecule has 1 aromatic carbocycles. The van der Waals surface area contributed by atoms with Crippen molar-refractivity contribution < 1.29 is 27.6 Å². The number of hydrogen-bond acceptors (Lipinski definition) is 6. The Bertz CT molecular complexity index is 1370. The van der Waals surface area contributed by atoms with E-state index in [9.17, 15) is 22.8 Å². The Hall–Kier alpha value is -3.99. The van der Waals surface area contributed by atoms with Crippen LogP contribution >= 0.6 is 11.6 Å². The summed E-state index contributed by atoms with van der Waals surface area (Å²) >= 11 is 6.13. The number of rotatable bonds is 3. The molecular formula is C21H13ClF3N5O3. The Morgan fingerprint density at radius 1 is 1.06 bits per heavy atom. The predicted octanol–water partition coefficient (Wildman–Crippen LogP) is 4.49. The minimum atomic E-state index is -5.30. The van der Waals surface area contributed by atoms with Crippen LogP contribution in [0.25, 0.3) is 28.2 Å². The number of benzene rings is 1. The second-order valence-electron chi connectivity index (χ2n) is 6.71. The first-order valence-corrected chi connectivity index (χ1v) is 9.69. The summed E-state index contributed by atoms with van der Waals surface area (Å²) < 4.78 is 39.5. The standard InChI is InChI=1S/C21H13ClF3N5O3/c1-12(31)30(33-20(32)21(23,24)25)17-11-14(7-9-26-17)19-18(13-4-2-5-15(22)10-13)28-16-6-3-8-27-29(16)19/h2-11H,1H3. The van der Waals surface area contributed by atoms with Gasteiger partial charge in [-0.05, 0) is 36.4 Å². The van der Waals surface area contributed by atoms with E-state index in [2.05, 4.69) is 19.9 Å². The van der Waals surface area contributed by atoms with E-state index in [0.717, 1.165) is 6.92 Å². The first kappa shape index (κ1) is 22.2. The number of hydrogen-bond donors (Lipinski definition) is 0. The number of fused-ring (bicyclic) bond motifs is 1. The number of carbonyl (C=O) groups excluding carboxylic acids is 2. The molecule has 12 heteroatoms. The molecule has 0 aliphatic rings. The molecule has 0 unspecified atom stereocenters. The molecule has 4 aromatic rings. The maximum Gasteiger partial charge on any atom is 0.493 e. The fraction of sp³-hybridized carbons (Fsp3) is 0.0952. The highest BCUT2D eigenvalue weighted by Gasteiger charge is 2.43. The number of imidazole rings is 1. The van der Waals surface area contributed by atoms with Gasteiger partial charge in [-0.2, -0.15) is 18.3 Å². The van der Waals surface area contributed by atoms with Crippen molar-refractivity contribution in [2.75, 3.05) is 5.06 Å². The first-order chi connectivity index (χ1) is 15.6. The van der Waals surface area contributed by atoms with E-state index in [-0.39, 0.29) is 10.9 Å². The van der Waals surface area contributed by atoms with Gasteiger partial charge in [-0.15, -0.1) is 5.06 Å². The van der Waals surface area contributed by atoms with Crippen LogP contribution in [0.1, 0.15) is 6.92 Å². The molecule has 0 fully saturated rings. The van der Waals surface area contributed by atoms with Crippen LogP contribution < -0.4 is 5.06 Å². The smallest absolute Gasteiger partial charge is 0.323 e. The Labute approximate surface area is 189 Å². The highest BCUT2D eigenvalue weighted by Crippen LogP contribution is 2.34. The third-order valence-electron chi connectivity index (χ3n) is 4.41. The zero-order chi connectivity index (χ0) is 23.8. The van der Waals surface area contributed by atoms with E-state index in [1.165, 1.54) is 23.0 Å². The van der Waals surface area contributed by atoms with Gasteiger partial charge in [0.25, 0.3) is 5.91 Å². The lowest BCUT2D eigenvalue weighted by Gasteiger charge is -2.19. The van der Waals surface area contributed by atoms with Gasteiger partial charge in [0.15, 0.2) is 11.5 Å². The fourth-order valence-corrected chi connectivity index (χ4v) is 3.26. The highest BCUT2D eigenvalue weighted by molar-refractivity contribution is 6.30. The van der Waals surface area contributed by atoms with Gasteiger partial charge in [-0.1, -0.05) is 23.7 Å². The van der Waals surface area contributed by atoms with Crippen molar-refractivity contribution in [2.24, 2.45) is 0 Å². The van der Waals surface area contributed by atoms with Crippen LogP contribution in [0.15, 0.2) is 60.9 Å². The van der Waals surface area contributed by atoms with E-state index in [4.69, 9.17) is 11.6 Å². The average molecular weight is 476 g/mol. The molecule has 0 aliphatic heterocycles. The SMILES string of the molecule is CC(=O)N(OC(=O)C(F)(F)F)c1cc(-c2c(-c3cccc(Cl)c3)nc3cccnn23)ccn1. The molecule has 3 aromatic heterocycles. The molecule has 0 saturated carbocycles. The lowest BCUT2D eigenvalue weighted by Crippen LogP contribution is -2.38. The summed E-state index contributed by atoms with van der Waals surface area (Å²) in [6.45, 7) is 0.936. The Morgan fingerprint density at radius 3 is 2.55 bits per heavy atom. The fourth-order valence-electron chi connectivity index (χ4n) is 3.07. The number of hydroxylamine groups is 1. The van der Waals surface area contributed by atoms with Gasteiger partial charge in [0.1, 0.15) is 5.69 Å². The van der Waals surface area contributed by atoms with E-state index in [0.29, 0.717) is 33.2 Å². The van der Waals surface area contributed by atoms with Crippen molar-refractivity contribution in [2.45, 2.75) is 13.1 Å². The largest absolute Gasteiger partial charge is 0.493 e. The molecule has 0 saturated heterocycles. The number of carbonyl (C=O) groups is 2. The number of alkyl halides is 3. The van der Waals surface area contributed by atoms with Crippen LogP contribution in [-0.4, -0.2) is 37.6 Å². The molecule has 0 aliphatic carbocycles. The van der Waals surface area contributed by atoms with Gasteiger partial charge < -0.3 is 4.84 Å². The monoisotopic (exact) mass is 475 g/mol. The second kappa shape index (κ2) is 8.51. The summed E-state index contributed by atoms with van der Waals surface area (Å²) in [4.78, 5) is 36.0. The molecule has 0 bridgehead atoms. The molecule has 33 heavy (non-hydrogen) atoms. The molecule has 4 rings (SSSR count). The maximum atomic E-state index is 12.7. The Balaban J connectivity index is 1.86. The quantitative estimate of drug-likeness (QED) is 0.406. The van der Waals surface area contributed by atoms with Crippen molar-refractivity contribution in [3.05, 3.63) is 65.9 Å². The topological polar surface area (TPSA) is 89.7 Å². The van der Waals surface area contributed by atoms with Crippen LogP contribution in [0.4, 0.5) is 19.0 Å². The van der Waals surface area contributed by atoms with Crippen molar-refractivity contribution in [1.29, 1.82) is 0 Å². The van der Waals surface area contributed by atoms with E-state index >= 15 is 0 Å². The van der Waals surface area contributed by atoms with Crippen molar-refractivity contribution in [3.63, 3.8) is 0 Å². The minimum absolute atomic E-state index is 0.176. The summed E-state index contributed by atoms with van der Waals surface area (Å²) in [5.41, 5.74) is 2.49. The summed E-state index contributed by atoms with van der Waals surface area (Å²) in [6.07, 6.45) is -2.50. The highest BCUT2D eigenvalue weighted by atomic mass is 35.5. The number of aromatic nitrogens is 4. The van der Waals surface area contributed by atoms with Gasteiger partial charge in [0.2, 0.25) is 0 Å². The average Bonchev–Trinajstić information content (AvgIpc) is 3.16. The number of anilines is 1. The van der Waals surface area contributed by atoms with Gasteiger partial charge >= 0.3 is 12.1 Å². The summed E-state index contributed by atoms with van der Waals surface area (Å²) in [5.74, 6) is -3.87. The third-order valence-corrected chi connectivity index (χ3v) is 4.64. The number of pyridine rings is 1. The Kier molecular flexibility index (Phi) is 5.73. The van der Waals surface area contributed by atoms with Crippen molar-refractivity contribution in [3.8, 4) is 22.5 Å². The summed E-state index contributed by atoms with van der Waals surface area (Å²) in [7, 11) is 0. The lowest BCUT2D eigenvalue weighted by molar-refractivity contribution is -0.201. The number of halogens is 4. The third kappa shape index (κ3) is 4.48. The lowest BCUT2D eigenvalue weighted by atomic mass is 10.1. The van der Waals surface area contributed by atoms with Crippen LogP contribution in [-0.2, 0) is 14.4 Å². The molecule has 1 amide bonds. The molecule has 3 heterocycles. The Morgan fingerprint density at radius 2 is 1.85 bits per heavy atom. The van der Waals surface area contributed by atoms with Gasteiger partial charge in [0, 0.05) is 35.5 Å². The van der Waals surface area contributed by atoms with Crippen molar-refractivity contribution >= 4 is 34.9 Å². The molecule has 0 spiro atoms. The number of amides is 1. The molecule has 8 nitrogen and oxygen atoms in total. The van der Waals surface area contributed by atoms with Crippen molar-refractivity contribution in [1.82, 2.24) is 19.6 Å². The normalized spacial score (nSPS) is 11.4. The zero-order valence-corrected chi connectivity index (χ0v) is 17.5. The first-order valence-electron chi connectivity index (χ1n) is 9.31. The summed E-state index contributed by atoms with van der Waals surface area (Å²) in [6, 6.07) is 13.2. The zero-order valence-electron chi connectivity index (χ0n) is 16.7. The van der Waals surface area contributed by atoms with Gasteiger partial charge in [0.05, 0.1) is 5.69 Å². The van der Waals surface area contributed by atoms with Gasteiger partial charge in [-0.25, -0.2) is 19.3 Å². The van der Waals surface area contributed by atoms with Crippen LogP contribution in [0.5, 0.6) is 0 Å².